The number of amides is 1. The van der Waals surface area contributed by atoms with Crippen molar-refractivity contribution in [3.63, 3.8) is 0 Å². The molecular formula is C27H35ClN2O6. The highest BCUT2D eigenvalue weighted by Crippen LogP contribution is 2.33. The summed E-state index contributed by atoms with van der Waals surface area (Å²) in [5.74, 6) is 0.975. The van der Waals surface area contributed by atoms with E-state index in [-0.39, 0.29) is 24.4 Å². The highest BCUT2D eigenvalue weighted by Gasteiger charge is 2.27. The fourth-order valence-electron chi connectivity index (χ4n) is 4.42. The van der Waals surface area contributed by atoms with E-state index in [4.69, 9.17) is 30.5 Å². The van der Waals surface area contributed by atoms with E-state index >= 15 is 0 Å². The average molecular weight is 519 g/mol. The summed E-state index contributed by atoms with van der Waals surface area (Å²) in [6.45, 7) is 2.82. The van der Waals surface area contributed by atoms with Crippen molar-refractivity contribution >= 4 is 23.5 Å². The number of ether oxygens (including phenoxy) is 4. The van der Waals surface area contributed by atoms with Crippen LogP contribution < -0.4 is 14.8 Å². The van der Waals surface area contributed by atoms with Crippen LogP contribution in [0.4, 0.5) is 0 Å². The molecule has 0 saturated heterocycles. The highest BCUT2D eigenvalue weighted by molar-refractivity contribution is 6.32. The van der Waals surface area contributed by atoms with Gasteiger partial charge in [-0.2, -0.15) is 0 Å². The van der Waals surface area contributed by atoms with Crippen molar-refractivity contribution in [1.29, 1.82) is 0 Å². The third kappa shape index (κ3) is 7.11. The molecule has 0 aliphatic heterocycles. The second kappa shape index (κ2) is 13.5. The van der Waals surface area contributed by atoms with Crippen LogP contribution >= 0.6 is 11.6 Å². The molecule has 9 heteroatoms. The Morgan fingerprint density at radius 2 is 1.81 bits per heavy atom. The van der Waals surface area contributed by atoms with Crippen molar-refractivity contribution in [3.05, 3.63) is 52.3 Å². The minimum absolute atomic E-state index is 0.0325. The Morgan fingerprint density at radius 1 is 1.08 bits per heavy atom. The number of benzene rings is 1. The van der Waals surface area contributed by atoms with Gasteiger partial charge in [0.2, 0.25) is 0 Å². The predicted molar refractivity (Wildman–Crippen MR) is 137 cm³/mol. The molecule has 1 N–H and O–H groups in total. The summed E-state index contributed by atoms with van der Waals surface area (Å²) in [4.78, 5) is 29.1. The van der Waals surface area contributed by atoms with Crippen LogP contribution in [0.15, 0.2) is 30.3 Å². The van der Waals surface area contributed by atoms with Crippen molar-refractivity contribution in [1.82, 2.24) is 10.3 Å². The molecule has 1 aromatic carbocycles. The standard InChI is InChI=1S/C27H35ClN2O6/c1-5-20-11-13-23(34-3)25(30-20)24(16-33-2)36-22-12-10-19(14-21(22)28)26(31)29-15-17-6-8-18(9-7-17)27(32)35-4/h10-14,17-18,24H,5-9,15-16H2,1-4H3,(H,29,31). The van der Waals surface area contributed by atoms with Gasteiger partial charge in [0.15, 0.2) is 6.10 Å². The molecular weight excluding hydrogens is 484 g/mol. The summed E-state index contributed by atoms with van der Waals surface area (Å²) in [5, 5.41) is 3.30. The van der Waals surface area contributed by atoms with E-state index < -0.39 is 6.10 Å². The first-order valence-corrected chi connectivity index (χ1v) is 12.6. The molecule has 1 fully saturated rings. The van der Waals surface area contributed by atoms with E-state index in [0.29, 0.717) is 40.2 Å². The van der Waals surface area contributed by atoms with Crippen LogP contribution in [0.5, 0.6) is 11.5 Å². The molecule has 1 amide bonds. The molecule has 1 aromatic heterocycles. The molecule has 196 valence electrons. The number of carbonyl (C=O) groups is 2. The zero-order valence-corrected chi connectivity index (χ0v) is 22.1. The first-order valence-electron chi connectivity index (χ1n) is 12.2. The number of pyridine rings is 1. The van der Waals surface area contributed by atoms with Gasteiger partial charge in [0.05, 0.1) is 31.8 Å². The quantitative estimate of drug-likeness (QED) is 0.427. The van der Waals surface area contributed by atoms with E-state index in [0.717, 1.165) is 37.8 Å². The monoisotopic (exact) mass is 518 g/mol. The van der Waals surface area contributed by atoms with Crippen LogP contribution in [0.25, 0.3) is 0 Å². The van der Waals surface area contributed by atoms with Gasteiger partial charge in [0.1, 0.15) is 17.2 Å². The Hall–Kier alpha value is -2.84. The van der Waals surface area contributed by atoms with Gasteiger partial charge >= 0.3 is 5.97 Å². The van der Waals surface area contributed by atoms with Crippen molar-refractivity contribution in [2.75, 3.05) is 34.5 Å². The summed E-state index contributed by atoms with van der Waals surface area (Å²) < 4.78 is 21.9. The molecule has 3 rings (SSSR count). The lowest BCUT2D eigenvalue weighted by molar-refractivity contribution is -0.146. The molecule has 8 nitrogen and oxygen atoms in total. The van der Waals surface area contributed by atoms with Crippen LogP contribution in [0.1, 0.15) is 60.5 Å². The minimum atomic E-state index is -0.547. The number of esters is 1. The predicted octanol–water partition coefficient (Wildman–Crippen LogP) is 4.78. The molecule has 1 aliphatic carbocycles. The number of rotatable bonds is 11. The SMILES string of the molecule is CCc1ccc(OC)c(C(COC)Oc2ccc(C(=O)NCC3CCC(C(=O)OC)CC3)cc2Cl)n1. The first kappa shape index (κ1) is 27.7. The molecule has 1 saturated carbocycles. The second-order valence-corrected chi connectivity index (χ2v) is 9.31. The largest absolute Gasteiger partial charge is 0.495 e. The van der Waals surface area contributed by atoms with Gasteiger partial charge in [0, 0.05) is 24.9 Å². The van der Waals surface area contributed by atoms with Crippen LogP contribution in [0.2, 0.25) is 5.02 Å². The van der Waals surface area contributed by atoms with Crippen LogP contribution in [0.3, 0.4) is 0 Å². The van der Waals surface area contributed by atoms with Gasteiger partial charge < -0.3 is 24.3 Å². The summed E-state index contributed by atoms with van der Waals surface area (Å²) in [6.07, 6.45) is 3.56. The Balaban J connectivity index is 1.63. The zero-order chi connectivity index (χ0) is 26.1. The minimum Gasteiger partial charge on any atom is -0.495 e. The number of hydrogen-bond donors (Lipinski definition) is 1. The Kier molecular flexibility index (Phi) is 10.4. The number of nitrogens with one attached hydrogen (secondary N) is 1. The summed E-state index contributed by atoms with van der Waals surface area (Å²) in [5.41, 5.74) is 1.98. The molecule has 0 bridgehead atoms. The third-order valence-electron chi connectivity index (χ3n) is 6.54. The van der Waals surface area contributed by atoms with Crippen LogP contribution in [0, 0.1) is 11.8 Å². The third-order valence-corrected chi connectivity index (χ3v) is 6.84. The average Bonchev–Trinajstić information content (AvgIpc) is 2.91. The van der Waals surface area contributed by atoms with Gasteiger partial charge in [-0.25, -0.2) is 4.98 Å². The number of methoxy groups -OCH3 is 3. The van der Waals surface area contributed by atoms with Crippen molar-refractivity contribution in [2.24, 2.45) is 11.8 Å². The lowest BCUT2D eigenvalue weighted by Gasteiger charge is -2.27. The topological polar surface area (TPSA) is 96.0 Å². The maximum Gasteiger partial charge on any atom is 0.308 e. The molecule has 0 radical (unpaired) electrons. The van der Waals surface area contributed by atoms with Gasteiger partial charge in [-0.05, 0) is 68.4 Å². The highest BCUT2D eigenvalue weighted by atomic mass is 35.5. The molecule has 1 atom stereocenters. The first-order chi connectivity index (χ1) is 17.4. The number of carbonyl (C=O) groups excluding carboxylic acids is 2. The van der Waals surface area contributed by atoms with E-state index in [9.17, 15) is 9.59 Å². The number of nitrogens with zero attached hydrogens (tertiary/aromatic N) is 1. The summed E-state index contributed by atoms with van der Waals surface area (Å²) >= 11 is 6.50. The maximum absolute atomic E-state index is 12.7. The Labute approximate surface area is 217 Å². The number of aryl methyl sites for hydroxylation is 1. The Morgan fingerprint density at radius 3 is 2.42 bits per heavy atom. The summed E-state index contributed by atoms with van der Waals surface area (Å²) in [6, 6.07) is 8.73. The van der Waals surface area contributed by atoms with E-state index in [1.807, 2.05) is 19.1 Å². The molecule has 36 heavy (non-hydrogen) atoms. The van der Waals surface area contributed by atoms with Crippen LogP contribution in [-0.4, -0.2) is 51.3 Å². The van der Waals surface area contributed by atoms with Gasteiger partial charge in [0.25, 0.3) is 5.91 Å². The normalized spacial score (nSPS) is 18.2. The Bertz CT molecular complexity index is 1040. The molecule has 2 aromatic rings. The molecule has 1 aliphatic rings. The molecule has 0 spiro atoms. The van der Waals surface area contributed by atoms with Gasteiger partial charge in [-0.1, -0.05) is 18.5 Å². The summed E-state index contributed by atoms with van der Waals surface area (Å²) in [7, 11) is 4.59. The van der Waals surface area contributed by atoms with Gasteiger partial charge in [-0.15, -0.1) is 0 Å². The van der Waals surface area contributed by atoms with Crippen molar-refractivity contribution in [3.8, 4) is 11.5 Å². The van der Waals surface area contributed by atoms with Crippen molar-refractivity contribution in [2.45, 2.75) is 45.1 Å². The second-order valence-electron chi connectivity index (χ2n) is 8.90. The smallest absolute Gasteiger partial charge is 0.308 e. The maximum atomic E-state index is 12.7. The number of halogens is 1. The fraction of sp³-hybridized carbons (Fsp3) is 0.519. The number of aromatic nitrogens is 1. The van der Waals surface area contributed by atoms with E-state index in [1.165, 1.54) is 7.11 Å². The fourth-order valence-corrected chi connectivity index (χ4v) is 4.65. The number of hydrogen-bond acceptors (Lipinski definition) is 7. The van der Waals surface area contributed by atoms with Crippen molar-refractivity contribution < 1.29 is 28.5 Å². The zero-order valence-electron chi connectivity index (χ0n) is 21.3. The lowest BCUT2D eigenvalue weighted by Crippen LogP contribution is -2.32. The van der Waals surface area contributed by atoms with Crippen LogP contribution in [-0.2, 0) is 20.7 Å². The molecule has 1 heterocycles. The van der Waals surface area contributed by atoms with Gasteiger partial charge in [-0.3, -0.25) is 9.59 Å². The lowest BCUT2D eigenvalue weighted by atomic mass is 9.82. The van der Waals surface area contributed by atoms with E-state index in [1.54, 1.807) is 32.4 Å². The molecule has 1 unspecified atom stereocenters. The van der Waals surface area contributed by atoms with E-state index in [2.05, 4.69) is 10.3 Å².